The lowest BCUT2D eigenvalue weighted by atomic mass is 10.1. The third-order valence-corrected chi connectivity index (χ3v) is 6.63. The second-order valence-electron chi connectivity index (χ2n) is 7.17. The smallest absolute Gasteiger partial charge is 0.336 e. The van der Waals surface area contributed by atoms with Crippen molar-refractivity contribution in [3.63, 3.8) is 0 Å². The molecule has 7 heteroatoms. The first kappa shape index (κ1) is 21.5. The Kier molecular flexibility index (Phi) is 6.24. The van der Waals surface area contributed by atoms with Crippen molar-refractivity contribution in [1.82, 2.24) is 4.31 Å². The van der Waals surface area contributed by atoms with Crippen molar-refractivity contribution in [2.75, 3.05) is 0 Å². The van der Waals surface area contributed by atoms with Gasteiger partial charge in [0, 0.05) is 13.1 Å². The van der Waals surface area contributed by atoms with E-state index in [-0.39, 0.29) is 29.3 Å². The number of aryl methyl sites for hydroxylation is 2. The Morgan fingerprint density at radius 3 is 2.33 bits per heavy atom. The third kappa shape index (κ3) is 4.69. The molecule has 0 spiro atoms. The summed E-state index contributed by atoms with van der Waals surface area (Å²) in [6, 6.07) is 18.0. The number of carboxylic acid groups (broad SMARTS) is 1. The monoisotopic (exact) mass is 425 g/mol. The molecule has 0 amide bonds. The van der Waals surface area contributed by atoms with Crippen LogP contribution in [-0.4, -0.2) is 28.9 Å². The third-order valence-electron chi connectivity index (χ3n) is 4.84. The van der Waals surface area contributed by atoms with E-state index >= 15 is 0 Å². The Bertz CT molecular complexity index is 1190. The number of phenols is 1. The topological polar surface area (TPSA) is 94.9 Å². The summed E-state index contributed by atoms with van der Waals surface area (Å²) >= 11 is 0. The van der Waals surface area contributed by atoms with Gasteiger partial charge in [0.15, 0.2) is 0 Å². The van der Waals surface area contributed by atoms with Crippen LogP contribution in [0, 0.1) is 13.8 Å². The molecule has 3 aromatic rings. The maximum atomic E-state index is 13.5. The largest absolute Gasteiger partial charge is 0.508 e. The van der Waals surface area contributed by atoms with E-state index in [1.165, 1.54) is 28.6 Å². The number of nitrogens with zero attached hydrogens (tertiary/aromatic N) is 1. The van der Waals surface area contributed by atoms with Crippen LogP contribution in [0.3, 0.4) is 0 Å². The van der Waals surface area contributed by atoms with E-state index in [0.29, 0.717) is 11.1 Å². The van der Waals surface area contributed by atoms with Gasteiger partial charge in [0.2, 0.25) is 10.0 Å². The lowest BCUT2D eigenvalue weighted by molar-refractivity contribution is 0.0695. The molecule has 0 radical (unpaired) electrons. The number of carboxylic acids is 1. The molecule has 0 fully saturated rings. The van der Waals surface area contributed by atoms with Gasteiger partial charge < -0.3 is 10.2 Å². The Morgan fingerprint density at radius 2 is 1.67 bits per heavy atom. The van der Waals surface area contributed by atoms with Gasteiger partial charge >= 0.3 is 5.97 Å². The van der Waals surface area contributed by atoms with Gasteiger partial charge in [-0.25, -0.2) is 13.2 Å². The van der Waals surface area contributed by atoms with Crippen molar-refractivity contribution in [1.29, 1.82) is 0 Å². The first-order valence-electron chi connectivity index (χ1n) is 9.35. The molecule has 0 unspecified atom stereocenters. The molecule has 3 rings (SSSR count). The zero-order valence-electron chi connectivity index (χ0n) is 16.7. The van der Waals surface area contributed by atoms with Crippen molar-refractivity contribution in [2.24, 2.45) is 0 Å². The highest BCUT2D eigenvalue weighted by molar-refractivity contribution is 7.89. The standard InChI is InChI=1S/C23H23NO5S/c1-16-6-5-7-18(12-16)14-24(15-19-8-3-4-9-21(19)23(26)27)30(28,29)20-10-11-22(25)17(2)13-20/h3-13,25H,14-15H2,1-2H3,(H,26,27). The minimum absolute atomic E-state index is 0.00964. The molecule has 0 aliphatic carbocycles. The van der Waals surface area contributed by atoms with Gasteiger partial charge in [0.1, 0.15) is 5.75 Å². The Hall–Kier alpha value is -3.16. The van der Waals surface area contributed by atoms with E-state index in [4.69, 9.17) is 0 Å². The molecule has 0 bridgehead atoms. The summed E-state index contributed by atoms with van der Waals surface area (Å²) in [6.45, 7) is 3.53. The molecule has 3 aromatic carbocycles. The van der Waals surface area contributed by atoms with Crippen LogP contribution in [0.2, 0.25) is 0 Å². The number of aromatic hydroxyl groups is 1. The maximum absolute atomic E-state index is 13.5. The van der Waals surface area contributed by atoms with Crippen LogP contribution in [0.1, 0.15) is 32.6 Å². The van der Waals surface area contributed by atoms with E-state index in [1.54, 1.807) is 25.1 Å². The number of rotatable bonds is 7. The number of phenolic OH excluding ortho intramolecular Hbond substituents is 1. The molecule has 0 aliphatic heterocycles. The summed E-state index contributed by atoms with van der Waals surface area (Å²) in [7, 11) is -3.96. The van der Waals surface area contributed by atoms with Crippen molar-refractivity contribution in [2.45, 2.75) is 31.8 Å². The lowest BCUT2D eigenvalue weighted by Gasteiger charge is -2.24. The van der Waals surface area contributed by atoms with Gasteiger partial charge in [-0.1, -0.05) is 48.0 Å². The van der Waals surface area contributed by atoms with Crippen molar-refractivity contribution < 1.29 is 23.4 Å². The second kappa shape index (κ2) is 8.69. The molecule has 30 heavy (non-hydrogen) atoms. The lowest BCUT2D eigenvalue weighted by Crippen LogP contribution is -2.31. The molecular weight excluding hydrogens is 402 g/mol. The zero-order valence-corrected chi connectivity index (χ0v) is 17.6. The fourth-order valence-electron chi connectivity index (χ4n) is 3.23. The quantitative estimate of drug-likeness (QED) is 0.594. The molecule has 156 valence electrons. The minimum atomic E-state index is -3.96. The number of aromatic carboxylic acids is 1. The average molecular weight is 426 g/mol. The van der Waals surface area contributed by atoms with Crippen LogP contribution in [0.15, 0.2) is 71.6 Å². The summed E-state index contributed by atoms with van der Waals surface area (Å²) in [5, 5.41) is 19.3. The Labute approximate surface area is 176 Å². The molecule has 0 saturated heterocycles. The summed E-state index contributed by atoms with van der Waals surface area (Å²) in [5.41, 5.74) is 2.69. The van der Waals surface area contributed by atoms with E-state index < -0.39 is 16.0 Å². The van der Waals surface area contributed by atoms with Crippen LogP contribution < -0.4 is 0 Å². The van der Waals surface area contributed by atoms with Gasteiger partial charge in [-0.05, 0) is 54.8 Å². The average Bonchev–Trinajstić information content (AvgIpc) is 2.69. The van der Waals surface area contributed by atoms with E-state index in [0.717, 1.165) is 11.1 Å². The number of sulfonamides is 1. The SMILES string of the molecule is Cc1cccc(CN(Cc2ccccc2C(=O)O)S(=O)(=O)c2ccc(O)c(C)c2)c1. The fraction of sp³-hybridized carbons (Fsp3) is 0.174. The van der Waals surface area contributed by atoms with E-state index in [2.05, 4.69) is 0 Å². The predicted octanol–water partition coefficient (Wildman–Crippen LogP) is 4.10. The van der Waals surface area contributed by atoms with Gasteiger partial charge in [-0.2, -0.15) is 4.31 Å². The van der Waals surface area contributed by atoms with E-state index in [9.17, 15) is 23.4 Å². The molecule has 0 heterocycles. The summed E-state index contributed by atoms with van der Waals surface area (Å²) in [6.07, 6.45) is 0. The van der Waals surface area contributed by atoms with Crippen LogP contribution in [0.5, 0.6) is 5.75 Å². The number of hydrogen-bond acceptors (Lipinski definition) is 4. The molecule has 0 aliphatic rings. The highest BCUT2D eigenvalue weighted by Crippen LogP contribution is 2.26. The number of benzene rings is 3. The van der Waals surface area contributed by atoms with Gasteiger partial charge in [0.05, 0.1) is 10.5 Å². The van der Waals surface area contributed by atoms with Gasteiger partial charge in [-0.15, -0.1) is 0 Å². The summed E-state index contributed by atoms with van der Waals surface area (Å²) in [4.78, 5) is 11.7. The fourth-order valence-corrected chi connectivity index (χ4v) is 4.73. The first-order chi connectivity index (χ1) is 14.2. The van der Waals surface area contributed by atoms with Crippen molar-refractivity contribution >= 4 is 16.0 Å². The van der Waals surface area contributed by atoms with Gasteiger partial charge in [-0.3, -0.25) is 0 Å². The molecule has 0 saturated carbocycles. The van der Waals surface area contributed by atoms with Crippen LogP contribution in [0.4, 0.5) is 0 Å². The van der Waals surface area contributed by atoms with Gasteiger partial charge in [0.25, 0.3) is 0 Å². The van der Waals surface area contributed by atoms with Crippen LogP contribution in [-0.2, 0) is 23.1 Å². The molecular formula is C23H23NO5S. The molecule has 2 N–H and O–H groups in total. The normalized spacial score (nSPS) is 11.6. The predicted molar refractivity (Wildman–Crippen MR) is 114 cm³/mol. The van der Waals surface area contributed by atoms with Crippen LogP contribution >= 0.6 is 0 Å². The Morgan fingerprint density at radius 1 is 0.933 bits per heavy atom. The molecule has 0 atom stereocenters. The molecule has 0 aromatic heterocycles. The first-order valence-corrected chi connectivity index (χ1v) is 10.8. The van der Waals surface area contributed by atoms with Crippen molar-refractivity contribution in [3.8, 4) is 5.75 Å². The van der Waals surface area contributed by atoms with E-state index in [1.807, 2.05) is 31.2 Å². The minimum Gasteiger partial charge on any atom is -0.508 e. The number of carbonyl (C=O) groups is 1. The highest BCUT2D eigenvalue weighted by Gasteiger charge is 2.27. The Balaban J connectivity index is 2.07. The number of hydrogen-bond donors (Lipinski definition) is 2. The van der Waals surface area contributed by atoms with Crippen molar-refractivity contribution in [3.05, 3.63) is 94.5 Å². The second-order valence-corrected chi connectivity index (χ2v) is 9.11. The van der Waals surface area contributed by atoms with Crippen LogP contribution in [0.25, 0.3) is 0 Å². The maximum Gasteiger partial charge on any atom is 0.336 e. The molecule has 6 nitrogen and oxygen atoms in total. The summed E-state index contributed by atoms with van der Waals surface area (Å²) in [5.74, 6) is -1.10. The highest BCUT2D eigenvalue weighted by atomic mass is 32.2. The zero-order chi connectivity index (χ0) is 21.9. The summed E-state index contributed by atoms with van der Waals surface area (Å²) < 4.78 is 28.2.